The molecule has 0 radical (unpaired) electrons. The molecular weight excluding hydrogens is 242 g/mol. The second-order valence-electron chi connectivity index (χ2n) is 4.93. The van der Waals surface area contributed by atoms with E-state index in [0.29, 0.717) is 24.1 Å². The van der Waals surface area contributed by atoms with Crippen LogP contribution in [-0.4, -0.2) is 17.0 Å². The van der Waals surface area contributed by atoms with Gasteiger partial charge in [-0.05, 0) is 36.6 Å². The van der Waals surface area contributed by atoms with Gasteiger partial charge in [-0.2, -0.15) is 0 Å². The van der Waals surface area contributed by atoms with Crippen molar-refractivity contribution in [3.63, 3.8) is 0 Å². The number of carbonyl (C=O) groups excluding carboxylic acids is 1. The Morgan fingerprint density at radius 3 is 2.58 bits per heavy atom. The van der Waals surface area contributed by atoms with Gasteiger partial charge in [0.2, 0.25) is 0 Å². The Morgan fingerprint density at radius 2 is 1.95 bits per heavy atom. The van der Waals surface area contributed by atoms with Gasteiger partial charge in [0.15, 0.2) is 0 Å². The van der Waals surface area contributed by atoms with Crippen molar-refractivity contribution in [3.05, 3.63) is 53.6 Å². The van der Waals surface area contributed by atoms with Crippen molar-refractivity contribution < 1.29 is 14.7 Å². The molecule has 1 aromatic carbocycles. The van der Waals surface area contributed by atoms with Crippen molar-refractivity contribution in [3.8, 4) is 0 Å². The van der Waals surface area contributed by atoms with Crippen LogP contribution in [0.3, 0.4) is 0 Å². The molecule has 2 aliphatic rings. The van der Waals surface area contributed by atoms with E-state index >= 15 is 0 Å². The average Bonchev–Trinajstić information content (AvgIpc) is 2.99. The largest absolute Gasteiger partial charge is 0.481 e. The normalized spacial score (nSPS) is 23.8. The van der Waals surface area contributed by atoms with Gasteiger partial charge in [-0.1, -0.05) is 24.3 Å². The molecule has 2 bridgehead atoms. The number of benzene rings is 1. The molecule has 4 nitrogen and oxygen atoms in total. The molecule has 19 heavy (non-hydrogen) atoms. The summed E-state index contributed by atoms with van der Waals surface area (Å²) in [7, 11) is 0. The van der Waals surface area contributed by atoms with E-state index in [4.69, 9.17) is 0 Å². The first kappa shape index (κ1) is 11.7. The van der Waals surface area contributed by atoms with Crippen LogP contribution in [0.4, 0.5) is 5.69 Å². The maximum atomic E-state index is 12.2. The number of nitrogens with one attached hydrogen (secondary N) is 1. The van der Waals surface area contributed by atoms with Crippen molar-refractivity contribution in [1.82, 2.24) is 0 Å². The molecule has 0 saturated carbocycles. The summed E-state index contributed by atoms with van der Waals surface area (Å²) in [5, 5.41) is 12.2. The fourth-order valence-corrected chi connectivity index (χ4v) is 2.72. The molecule has 0 heterocycles. The standard InChI is InChI=1S/C15H13NO3/c17-13(16-11-4-2-1-3-5-11)12-8-10-6-7-15(12,9-10)14(18)19/h1-6,8H,7,9H2,(H,16,17)(H,18,19). The summed E-state index contributed by atoms with van der Waals surface area (Å²) in [4.78, 5) is 23.7. The van der Waals surface area contributed by atoms with Gasteiger partial charge in [0.25, 0.3) is 5.91 Å². The summed E-state index contributed by atoms with van der Waals surface area (Å²) in [5.41, 5.74) is 0.932. The number of hydrogen-bond donors (Lipinski definition) is 2. The Balaban J connectivity index is 1.87. The first-order chi connectivity index (χ1) is 9.12. The maximum Gasteiger partial charge on any atom is 0.314 e. The van der Waals surface area contributed by atoms with Crippen molar-refractivity contribution in [1.29, 1.82) is 0 Å². The van der Waals surface area contributed by atoms with Gasteiger partial charge >= 0.3 is 5.97 Å². The second kappa shape index (κ2) is 4.09. The highest BCUT2D eigenvalue weighted by molar-refractivity contribution is 6.10. The summed E-state index contributed by atoms with van der Waals surface area (Å²) < 4.78 is 0. The third-order valence-corrected chi connectivity index (χ3v) is 3.75. The molecule has 0 aromatic heterocycles. The van der Waals surface area contributed by atoms with Crippen LogP contribution >= 0.6 is 0 Å². The third-order valence-electron chi connectivity index (χ3n) is 3.75. The lowest BCUT2D eigenvalue weighted by Gasteiger charge is -2.23. The van der Waals surface area contributed by atoms with Crippen molar-refractivity contribution in [2.24, 2.45) is 5.41 Å². The summed E-state index contributed by atoms with van der Waals surface area (Å²) in [6.07, 6.45) is 4.44. The van der Waals surface area contributed by atoms with Gasteiger partial charge in [0, 0.05) is 11.3 Å². The smallest absolute Gasteiger partial charge is 0.314 e. The highest BCUT2D eigenvalue weighted by Crippen LogP contribution is 2.50. The second-order valence-corrected chi connectivity index (χ2v) is 4.93. The van der Waals surface area contributed by atoms with Crippen molar-refractivity contribution in [2.45, 2.75) is 12.8 Å². The number of aliphatic carboxylic acids is 1. The molecule has 0 aliphatic heterocycles. The number of hydrogen-bond acceptors (Lipinski definition) is 2. The Bertz CT molecular complexity index is 616. The quantitative estimate of drug-likeness (QED) is 0.871. The molecule has 1 unspecified atom stereocenters. The number of anilines is 1. The molecular formula is C15H13NO3. The van der Waals surface area contributed by atoms with Gasteiger partial charge in [0.05, 0.1) is 0 Å². The van der Waals surface area contributed by atoms with Gasteiger partial charge in [0.1, 0.15) is 5.41 Å². The summed E-state index contributed by atoms with van der Waals surface area (Å²) in [6.45, 7) is 0. The van der Waals surface area contributed by atoms with Crippen LogP contribution in [0.5, 0.6) is 0 Å². The lowest BCUT2D eigenvalue weighted by Crippen LogP contribution is -2.34. The Kier molecular flexibility index (Phi) is 2.52. The maximum absolute atomic E-state index is 12.2. The predicted molar refractivity (Wildman–Crippen MR) is 70.5 cm³/mol. The zero-order valence-corrected chi connectivity index (χ0v) is 10.2. The Labute approximate surface area is 110 Å². The molecule has 2 aliphatic carbocycles. The van der Waals surface area contributed by atoms with Gasteiger partial charge < -0.3 is 10.4 Å². The van der Waals surface area contributed by atoms with Crippen LogP contribution in [0, 0.1) is 5.41 Å². The van der Waals surface area contributed by atoms with Gasteiger partial charge in [-0.3, -0.25) is 9.59 Å². The summed E-state index contributed by atoms with van der Waals surface area (Å²) in [6, 6.07) is 9.05. The van der Waals surface area contributed by atoms with Crippen molar-refractivity contribution in [2.75, 3.05) is 5.32 Å². The van der Waals surface area contributed by atoms with E-state index < -0.39 is 11.4 Å². The van der Waals surface area contributed by atoms with Crippen LogP contribution in [0.2, 0.25) is 0 Å². The number of carboxylic acid groups (broad SMARTS) is 1. The van der Waals surface area contributed by atoms with Gasteiger partial charge in [-0.25, -0.2) is 0 Å². The molecule has 0 spiro atoms. The minimum atomic E-state index is -1.05. The lowest BCUT2D eigenvalue weighted by molar-refractivity contribution is -0.146. The number of amides is 1. The van der Waals surface area contributed by atoms with Crippen molar-refractivity contribution >= 4 is 17.6 Å². The van der Waals surface area contributed by atoms with E-state index in [1.54, 1.807) is 18.2 Å². The number of allylic oxidation sites excluding steroid dienone is 3. The molecule has 3 rings (SSSR count). The number of fused-ring (bicyclic) bond motifs is 2. The monoisotopic (exact) mass is 255 g/mol. The summed E-state index contributed by atoms with van der Waals surface area (Å²) in [5.74, 6) is -1.25. The highest BCUT2D eigenvalue weighted by Gasteiger charge is 2.51. The van der Waals surface area contributed by atoms with E-state index in [1.807, 2.05) is 24.3 Å². The fourth-order valence-electron chi connectivity index (χ4n) is 2.72. The van der Waals surface area contributed by atoms with Crippen LogP contribution < -0.4 is 5.32 Å². The predicted octanol–water partition coefficient (Wildman–Crippen LogP) is 2.36. The van der Waals surface area contributed by atoms with E-state index in [1.165, 1.54) is 0 Å². The first-order valence-corrected chi connectivity index (χ1v) is 6.13. The molecule has 1 aromatic rings. The average molecular weight is 255 g/mol. The third kappa shape index (κ3) is 1.76. The minimum Gasteiger partial charge on any atom is -0.481 e. The topological polar surface area (TPSA) is 66.4 Å². The number of rotatable bonds is 3. The molecule has 4 heteroatoms. The highest BCUT2D eigenvalue weighted by atomic mass is 16.4. The van der Waals surface area contributed by atoms with E-state index in [0.717, 1.165) is 5.57 Å². The van der Waals surface area contributed by atoms with Crippen LogP contribution in [0.25, 0.3) is 0 Å². The van der Waals surface area contributed by atoms with Crippen LogP contribution in [0.15, 0.2) is 53.6 Å². The lowest BCUT2D eigenvalue weighted by atomic mass is 9.80. The minimum absolute atomic E-state index is 0.322. The number of carboxylic acids is 1. The SMILES string of the molecule is O=C(Nc1ccccc1)C1=CC2=CCC1(C(=O)O)C2. The molecule has 1 amide bonds. The molecule has 0 saturated heterocycles. The van der Waals surface area contributed by atoms with Crippen LogP contribution in [-0.2, 0) is 9.59 Å². The zero-order chi connectivity index (χ0) is 13.5. The molecule has 1 atom stereocenters. The molecule has 2 N–H and O–H groups in total. The zero-order valence-electron chi connectivity index (χ0n) is 10.2. The first-order valence-electron chi connectivity index (χ1n) is 6.13. The van der Waals surface area contributed by atoms with Gasteiger partial charge in [-0.15, -0.1) is 0 Å². The molecule has 0 fully saturated rings. The Morgan fingerprint density at radius 1 is 1.21 bits per heavy atom. The van der Waals surface area contributed by atoms with Crippen LogP contribution in [0.1, 0.15) is 12.8 Å². The Hall–Kier alpha value is -2.36. The summed E-state index contributed by atoms with van der Waals surface area (Å²) >= 11 is 0. The number of para-hydroxylation sites is 1. The number of carbonyl (C=O) groups is 2. The van der Waals surface area contributed by atoms with E-state index in [-0.39, 0.29) is 5.91 Å². The fraction of sp³-hybridized carbons (Fsp3) is 0.200. The molecule has 96 valence electrons. The van der Waals surface area contributed by atoms with E-state index in [9.17, 15) is 14.7 Å². The van der Waals surface area contributed by atoms with E-state index in [2.05, 4.69) is 5.32 Å².